The zero-order valence-corrected chi connectivity index (χ0v) is 17.2. The lowest BCUT2D eigenvalue weighted by atomic mass is 10.00. The number of hydrogen-bond donors (Lipinski definition) is 0. The van der Waals surface area contributed by atoms with Gasteiger partial charge >= 0.3 is 0 Å². The molecule has 3 aromatic rings. The molecule has 0 fully saturated rings. The number of aromatic nitrogens is 2. The van der Waals surface area contributed by atoms with E-state index in [4.69, 9.17) is 4.74 Å². The molecule has 3 heteroatoms. The molecule has 150 valence electrons. The van der Waals surface area contributed by atoms with Crippen LogP contribution in [0.3, 0.4) is 0 Å². The smallest absolute Gasteiger partial charge is 0.101 e. The minimum Gasteiger partial charge on any atom is -0.372 e. The summed E-state index contributed by atoms with van der Waals surface area (Å²) < 4.78 is 8.52. The highest BCUT2D eigenvalue weighted by molar-refractivity contribution is 5.85. The van der Waals surface area contributed by atoms with Crippen LogP contribution in [-0.4, -0.2) is 16.2 Å². The zero-order valence-electron chi connectivity index (χ0n) is 17.2. The van der Waals surface area contributed by atoms with E-state index in [1.807, 2.05) is 18.7 Å². The number of fused-ring (bicyclic) bond motifs is 1. The quantitative estimate of drug-likeness (QED) is 0.301. The average molecular weight is 379 g/mol. The van der Waals surface area contributed by atoms with Crippen molar-refractivity contribution in [3.63, 3.8) is 0 Å². The second kappa shape index (κ2) is 11.7. The van der Waals surface area contributed by atoms with Gasteiger partial charge in [-0.15, -0.1) is 0 Å². The summed E-state index contributed by atoms with van der Waals surface area (Å²) in [7, 11) is 0. The topological polar surface area (TPSA) is 27.1 Å². The minimum absolute atomic E-state index is 0.0462. The second-order valence-electron chi connectivity index (χ2n) is 7.66. The number of hydrogen-bond acceptors (Lipinski definition) is 2. The van der Waals surface area contributed by atoms with Gasteiger partial charge in [-0.2, -0.15) is 0 Å². The molecule has 0 aliphatic rings. The molecular weight excluding hydrogens is 344 g/mol. The van der Waals surface area contributed by atoms with Gasteiger partial charge in [0.05, 0.1) is 12.9 Å². The van der Waals surface area contributed by atoms with Gasteiger partial charge in [0.2, 0.25) is 0 Å². The Balaban J connectivity index is 1.56. The molecule has 0 spiro atoms. The lowest BCUT2D eigenvalue weighted by molar-refractivity contribution is 0.0389. The van der Waals surface area contributed by atoms with Crippen molar-refractivity contribution in [1.29, 1.82) is 0 Å². The number of imidazole rings is 1. The molecule has 1 heterocycles. The monoisotopic (exact) mass is 378 g/mol. The van der Waals surface area contributed by atoms with E-state index in [1.165, 1.54) is 61.3 Å². The Morgan fingerprint density at radius 2 is 1.64 bits per heavy atom. The van der Waals surface area contributed by atoms with Gasteiger partial charge in [0, 0.05) is 19.0 Å². The first-order valence-electron chi connectivity index (χ1n) is 10.9. The van der Waals surface area contributed by atoms with Gasteiger partial charge in [-0.1, -0.05) is 94.3 Å². The van der Waals surface area contributed by atoms with Crippen LogP contribution in [0.4, 0.5) is 0 Å². The van der Waals surface area contributed by atoms with Crippen LogP contribution in [0.25, 0.3) is 10.8 Å². The van der Waals surface area contributed by atoms with Crippen molar-refractivity contribution < 1.29 is 4.74 Å². The molecule has 0 aliphatic heterocycles. The van der Waals surface area contributed by atoms with Crippen LogP contribution in [0.5, 0.6) is 0 Å². The molecule has 3 nitrogen and oxygen atoms in total. The molecule has 0 amide bonds. The highest BCUT2D eigenvalue weighted by atomic mass is 16.5. The van der Waals surface area contributed by atoms with E-state index in [1.54, 1.807) is 0 Å². The van der Waals surface area contributed by atoms with Crippen molar-refractivity contribution in [2.24, 2.45) is 0 Å². The van der Waals surface area contributed by atoms with Crippen LogP contribution < -0.4 is 0 Å². The minimum atomic E-state index is 0.0462. The van der Waals surface area contributed by atoms with Crippen molar-refractivity contribution in [2.45, 2.75) is 70.9 Å². The van der Waals surface area contributed by atoms with Gasteiger partial charge in [-0.3, -0.25) is 0 Å². The van der Waals surface area contributed by atoms with E-state index in [-0.39, 0.29) is 6.10 Å². The van der Waals surface area contributed by atoms with Gasteiger partial charge in [-0.25, -0.2) is 4.98 Å². The fraction of sp³-hybridized carbons (Fsp3) is 0.480. The molecule has 1 unspecified atom stereocenters. The Morgan fingerprint density at radius 3 is 2.43 bits per heavy atom. The summed E-state index contributed by atoms with van der Waals surface area (Å²) in [5.74, 6) is 0. The first kappa shape index (κ1) is 20.6. The van der Waals surface area contributed by atoms with Gasteiger partial charge < -0.3 is 9.30 Å². The molecule has 1 atom stereocenters. The Morgan fingerprint density at radius 1 is 0.893 bits per heavy atom. The first-order valence-corrected chi connectivity index (χ1v) is 10.9. The van der Waals surface area contributed by atoms with E-state index in [0.29, 0.717) is 0 Å². The maximum Gasteiger partial charge on any atom is 0.101 e. The normalized spacial score (nSPS) is 12.5. The fourth-order valence-electron chi connectivity index (χ4n) is 3.82. The van der Waals surface area contributed by atoms with Crippen LogP contribution in [0, 0.1) is 0 Å². The standard InChI is InChI=1S/C25H34N2O/c1-2-3-4-5-6-7-8-11-19-28-25(20-27-18-17-26-21-27)24-16-12-14-22-13-9-10-15-23(22)24/h9-10,12-18,21,25H,2-8,11,19-20H2,1H3. The molecule has 0 saturated heterocycles. The molecule has 0 radical (unpaired) electrons. The van der Waals surface area contributed by atoms with Crippen LogP contribution >= 0.6 is 0 Å². The molecule has 0 aliphatic carbocycles. The zero-order chi connectivity index (χ0) is 19.4. The highest BCUT2D eigenvalue weighted by Crippen LogP contribution is 2.28. The maximum absolute atomic E-state index is 6.41. The summed E-state index contributed by atoms with van der Waals surface area (Å²) in [6, 6.07) is 15.1. The summed E-state index contributed by atoms with van der Waals surface area (Å²) in [6.45, 7) is 3.88. The molecule has 3 rings (SSSR count). The van der Waals surface area contributed by atoms with E-state index >= 15 is 0 Å². The van der Waals surface area contributed by atoms with Gasteiger partial charge in [0.15, 0.2) is 0 Å². The lowest BCUT2D eigenvalue weighted by Gasteiger charge is -2.21. The Labute approximate surface area is 169 Å². The largest absolute Gasteiger partial charge is 0.372 e. The Kier molecular flexibility index (Phi) is 8.57. The third kappa shape index (κ3) is 6.20. The van der Waals surface area contributed by atoms with E-state index < -0.39 is 0 Å². The summed E-state index contributed by atoms with van der Waals surface area (Å²) in [5.41, 5.74) is 1.27. The van der Waals surface area contributed by atoms with Crippen molar-refractivity contribution >= 4 is 10.8 Å². The van der Waals surface area contributed by atoms with Crippen LogP contribution in [0.1, 0.15) is 70.0 Å². The molecule has 2 aromatic carbocycles. The number of unbranched alkanes of at least 4 members (excludes halogenated alkanes) is 7. The van der Waals surface area contributed by atoms with Crippen molar-refractivity contribution in [3.8, 4) is 0 Å². The first-order chi connectivity index (χ1) is 13.9. The number of nitrogens with zero attached hydrogens (tertiary/aromatic N) is 2. The Bertz CT molecular complexity index is 792. The molecule has 0 saturated carbocycles. The lowest BCUT2D eigenvalue weighted by Crippen LogP contribution is -2.13. The van der Waals surface area contributed by atoms with Gasteiger partial charge in [-0.05, 0) is 22.8 Å². The Hall–Kier alpha value is -2.13. The van der Waals surface area contributed by atoms with Crippen LogP contribution in [0.15, 0.2) is 61.2 Å². The molecule has 0 bridgehead atoms. The molecule has 1 aromatic heterocycles. The van der Waals surface area contributed by atoms with Crippen molar-refractivity contribution in [1.82, 2.24) is 9.55 Å². The summed E-state index contributed by atoms with van der Waals surface area (Å²) in [6.07, 6.45) is 16.3. The van der Waals surface area contributed by atoms with Gasteiger partial charge in [0.1, 0.15) is 6.10 Å². The number of rotatable bonds is 13. The van der Waals surface area contributed by atoms with E-state index in [9.17, 15) is 0 Å². The number of benzene rings is 2. The van der Waals surface area contributed by atoms with Crippen LogP contribution in [0.2, 0.25) is 0 Å². The maximum atomic E-state index is 6.41. The third-order valence-electron chi connectivity index (χ3n) is 5.42. The third-order valence-corrected chi connectivity index (χ3v) is 5.42. The molecule has 28 heavy (non-hydrogen) atoms. The average Bonchev–Trinajstić information content (AvgIpc) is 3.24. The second-order valence-corrected chi connectivity index (χ2v) is 7.66. The molecular formula is C25H34N2O. The van der Waals surface area contributed by atoms with E-state index in [0.717, 1.165) is 19.6 Å². The van der Waals surface area contributed by atoms with Crippen molar-refractivity contribution in [2.75, 3.05) is 6.61 Å². The van der Waals surface area contributed by atoms with Crippen LogP contribution in [-0.2, 0) is 11.3 Å². The predicted molar refractivity (Wildman–Crippen MR) is 117 cm³/mol. The summed E-state index contributed by atoms with van der Waals surface area (Å²) in [5, 5.41) is 2.55. The predicted octanol–water partition coefficient (Wildman–Crippen LogP) is 6.93. The SMILES string of the molecule is CCCCCCCCCCOC(Cn1ccnc1)c1cccc2ccccc12. The summed E-state index contributed by atoms with van der Waals surface area (Å²) in [4.78, 5) is 4.19. The fourth-order valence-corrected chi connectivity index (χ4v) is 3.82. The number of ether oxygens (including phenoxy) is 1. The summed E-state index contributed by atoms with van der Waals surface area (Å²) >= 11 is 0. The van der Waals surface area contributed by atoms with Crippen molar-refractivity contribution in [3.05, 3.63) is 66.7 Å². The molecule has 0 N–H and O–H groups in total. The van der Waals surface area contributed by atoms with Gasteiger partial charge in [0.25, 0.3) is 0 Å². The highest BCUT2D eigenvalue weighted by Gasteiger charge is 2.15. The van der Waals surface area contributed by atoms with E-state index in [2.05, 4.69) is 58.9 Å².